The number of nitrogens with zero attached hydrogens (tertiary/aromatic N) is 3. The second-order valence-corrected chi connectivity index (χ2v) is 6.83. The van der Waals surface area contributed by atoms with Crippen LogP contribution in [0.2, 0.25) is 0 Å². The maximum absolute atomic E-state index is 10.7. The fraction of sp³-hybridized carbons (Fsp3) is 0.786. The Morgan fingerprint density at radius 3 is 2.65 bits per heavy atom. The van der Waals surface area contributed by atoms with E-state index in [-0.39, 0.29) is 5.75 Å². The van der Waals surface area contributed by atoms with Crippen molar-refractivity contribution >= 4 is 17.7 Å². The first-order chi connectivity index (χ1) is 9.74. The van der Waals surface area contributed by atoms with Crippen LogP contribution in [0.4, 0.5) is 0 Å². The van der Waals surface area contributed by atoms with Gasteiger partial charge in [0.15, 0.2) is 5.16 Å². The minimum Gasteiger partial charge on any atom is -0.481 e. The molecule has 2 aliphatic carbocycles. The molecule has 0 aromatic carbocycles. The SMILES string of the molecule is O=C(O)CSc1nnc(C2CC2)n1CCC1CCCC1. The van der Waals surface area contributed by atoms with Gasteiger partial charge >= 0.3 is 5.97 Å². The highest BCUT2D eigenvalue weighted by Gasteiger charge is 2.30. The van der Waals surface area contributed by atoms with Gasteiger partial charge in [-0.15, -0.1) is 10.2 Å². The minimum absolute atomic E-state index is 0.0617. The molecular formula is C14H21N3O2S. The number of hydrogen-bond acceptors (Lipinski definition) is 4. The third-order valence-electron chi connectivity index (χ3n) is 4.25. The van der Waals surface area contributed by atoms with E-state index >= 15 is 0 Å². The van der Waals surface area contributed by atoms with Gasteiger partial charge in [-0.2, -0.15) is 0 Å². The van der Waals surface area contributed by atoms with Crippen molar-refractivity contribution in [3.63, 3.8) is 0 Å². The third-order valence-corrected chi connectivity index (χ3v) is 5.20. The standard InChI is InChI=1S/C14H21N3O2S/c18-12(19)9-20-14-16-15-13(11-5-6-11)17(14)8-7-10-3-1-2-4-10/h10-11H,1-9H2,(H,18,19). The lowest BCUT2D eigenvalue weighted by Gasteiger charge is -2.12. The lowest BCUT2D eigenvalue weighted by atomic mass is 10.0. The van der Waals surface area contributed by atoms with Crippen molar-refractivity contribution in [1.82, 2.24) is 14.8 Å². The first-order valence-electron chi connectivity index (χ1n) is 7.51. The second-order valence-electron chi connectivity index (χ2n) is 5.89. The summed E-state index contributed by atoms with van der Waals surface area (Å²) in [5.41, 5.74) is 0. The highest BCUT2D eigenvalue weighted by atomic mass is 32.2. The molecule has 0 amide bonds. The van der Waals surface area contributed by atoms with Crippen molar-refractivity contribution < 1.29 is 9.90 Å². The second kappa shape index (κ2) is 6.16. The molecule has 0 unspecified atom stereocenters. The van der Waals surface area contributed by atoms with Crippen LogP contribution in [-0.4, -0.2) is 31.6 Å². The molecule has 1 aromatic rings. The summed E-state index contributed by atoms with van der Waals surface area (Å²) in [6.45, 7) is 0.950. The highest BCUT2D eigenvalue weighted by molar-refractivity contribution is 7.99. The van der Waals surface area contributed by atoms with Crippen LogP contribution in [0.5, 0.6) is 0 Å². The molecule has 0 saturated heterocycles. The topological polar surface area (TPSA) is 68.0 Å². The number of carboxylic acids is 1. The normalized spacial score (nSPS) is 19.6. The van der Waals surface area contributed by atoms with Crippen molar-refractivity contribution in [2.24, 2.45) is 5.92 Å². The van der Waals surface area contributed by atoms with Crippen molar-refractivity contribution in [2.45, 2.75) is 62.6 Å². The smallest absolute Gasteiger partial charge is 0.313 e. The van der Waals surface area contributed by atoms with Crippen LogP contribution in [-0.2, 0) is 11.3 Å². The van der Waals surface area contributed by atoms with E-state index in [1.165, 1.54) is 56.7 Å². The maximum atomic E-state index is 10.7. The molecule has 5 nitrogen and oxygen atoms in total. The van der Waals surface area contributed by atoms with Crippen molar-refractivity contribution in [1.29, 1.82) is 0 Å². The molecule has 110 valence electrons. The van der Waals surface area contributed by atoms with Crippen LogP contribution in [0.3, 0.4) is 0 Å². The Morgan fingerprint density at radius 2 is 2.00 bits per heavy atom. The summed E-state index contributed by atoms with van der Waals surface area (Å²) < 4.78 is 2.18. The molecular weight excluding hydrogens is 274 g/mol. The van der Waals surface area contributed by atoms with E-state index in [9.17, 15) is 4.79 Å². The van der Waals surface area contributed by atoms with Gasteiger partial charge in [-0.1, -0.05) is 37.4 Å². The molecule has 20 heavy (non-hydrogen) atoms. The van der Waals surface area contributed by atoms with Gasteiger partial charge in [-0.25, -0.2) is 0 Å². The Kier molecular flexibility index (Phi) is 4.29. The van der Waals surface area contributed by atoms with E-state index in [2.05, 4.69) is 14.8 Å². The zero-order chi connectivity index (χ0) is 13.9. The van der Waals surface area contributed by atoms with E-state index in [4.69, 9.17) is 5.11 Å². The Bertz CT molecular complexity index is 479. The number of thioether (sulfide) groups is 1. The van der Waals surface area contributed by atoms with Crippen LogP contribution in [0.25, 0.3) is 0 Å². The predicted molar refractivity (Wildman–Crippen MR) is 76.9 cm³/mol. The fourth-order valence-corrected chi connectivity index (χ4v) is 3.69. The number of carbonyl (C=O) groups is 1. The molecule has 1 N–H and O–H groups in total. The van der Waals surface area contributed by atoms with Crippen molar-refractivity contribution in [3.8, 4) is 0 Å². The van der Waals surface area contributed by atoms with Gasteiger partial charge in [0.1, 0.15) is 5.82 Å². The highest BCUT2D eigenvalue weighted by Crippen LogP contribution is 2.40. The molecule has 0 aliphatic heterocycles. The molecule has 2 aliphatic rings. The molecule has 6 heteroatoms. The molecule has 2 saturated carbocycles. The molecule has 1 aromatic heterocycles. The number of hydrogen-bond donors (Lipinski definition) is 1. The molecule has 1 heterocycles. The summed E-state index contributed by atoms with van der Waals surface area (Å²) in [4.78, 5) is 10.7. The minimum atomic E-state index is -0.798. The lowest BCUT2D eigenvalue weighted by Crippen LogP contribution is -2.09. The molecule has 0 radical (unpaired) electrons. The molecule has 0 bridgehead atoms. The van der Waals surface area contributed by atoms with E-state index in [1.54, 1.807) is 0 Å². The Hall–Kier alpha value is -1.04. The quantitative estimate of drug-likeness (QED) is 0.783. The van der Waals surface area contributed by atoms with Crippen molar-refractivity contribution in [3.05, 3.63) is 5.82 Å². The van der Waals surface area contributed by atoms with Gasteiger partial charge in [-0.05, 0) is 25.2 Å². The number of aromatic nitrogens is 3. The van der Waals surface area contributed by atoms with E-state index < -0.39 is 5.97 Å². The fourth-order valence-electron chi connectivity index (χ4n) is 3.00. The maximum Gasteiger partial charge on any atom is 0.313 e. The lowest BCUT2D eigenvalue weighted by molar-refractivity contribution is -0.133. The van der Waals surface area contributed by atoms with Crippen LogP contribution in [0.1, 0.15) is 56.7 Å². The van der Waals surface area contributed by atoms with E-state index in [0.29, 0.717) is 5.92 Å². The third kappa shape index (κ3) is 3.34. The summed E-state index contributed by atoms with van der Waals surface area (Å²) >= 11 is 1.29. The van der Waals surface area contributed by atoms with Crippen LogP contribution >= 0.6 is 11.8 Å². The predicted octanol–water partition coefficient (Wildman–Crippen LogP) is 2.91. The molecule has 3 rings (SSSR count). The van der Waals surface area contributed by atoms with Gasteiger partial charge in [0.25, 0.3) is 0 Å². The van der Waals surface area contributed by atoms with Crippen LogP contribution < -0.4 is 0 Å². The first kappa shape index (κ1) is 13.9. The first-order valence-corrected chi connectivity index (χ1v) is 8.50. The molecule has 0 atom stereocenters. The average Bonchev–Trinajstić information content (AvgIpc) is 2.99. The average molecular weight is 295 g/mol. The summed E-state index contributed by atoms with van der Waals surface area (Å²) in [5.74, 6) is 1.74. The largest absolute Gasteiger partial charge is 0.481 e. The Morgan fingerprint density at radius 1 is 1.25 bits per heavy atom. The van der Waals surface area contributed by atoms with Crippen LogP contribution in [0, 0.1) is 5.92 Å². The Balaban J connectivity index is 1.67. The summed E-state index contributed by atoms with van der Waals surface area (Å²) in [6.07, 6.45) is 9.00. The van der Waals surface area contributed by atoms with E-state index in [1.807, 2.05) is 0 Å². The molecule has 0 spiro atoms. The van der Waals surface area contributed by atoms with Crippen LogP contribution in [0.15, 0.2) is 5.16 Å². The number of rotatable bonds is 7. The van der Waals surface area contributed by atoms with Gasteiger partial charge in [0.2, 0.25) is 0 Å². The summed E-state index contributed by atoms with van der Waals surface area (Å²) in [5, 5.41) is 18.1. The van der Waals surface area contributed by atoms with Crippen molar-refractivity contribution in [2.75, 3.05) is 5.75 Å². The van der Waals surface area contributed by atoms with E-state index in [0.717, 1.165) is 23.4 Å². The molecule has 2 fully saturated rings. The summed E-state index contributed by atoms with van der Waals surface area (Å²) in [6, 6.07) is 0. The monoisotopic (exact) mass is 295 g/mol. The zero-order valence-electron chi connectivity index (χ0n) is 11.6. The summed E-state index contributed by atoms with van der Waals surface area (Å²) in [7, 11) is 0. The number of carboxylic acid groups (broad SMARTS) is 1. The van der Waals surface area contributed by atoms with Gasteiger partial charge < -0.3 is 9.67 Å². The van der Waals surface area contributed by atoms with Gasteiger partial charge in [0, 0.05) is 12.5 Å². The number of aliphatic carboxylic acids is 1. The van der Waals surface area contributed by atoms with Gasteiger partial charge in [-0.3, -0.25) is 4.79 Å². The Labute approximate surface area is 123 Å². The van der Waals surface area contributed by atoms with Gasteiger partial charge in [0.05, 0.1) is 5.75 Å². The zero-order valence-corrected chi connectivity index (χ0v) is 12.4.